The van der Waals surface area contributed by atoms with Crippen molar-refractivity contribution < 1.29 is 9.90 Å². The number of hydrogen-bond donors (Lipinski definition) is 1. The first-order valence-electron chi connectivity index (χ1n) is 7.81. The third kappa shape index (κ3) is 2.15. The molecule has 0 bridgehead atoms. The highest BCUT2D eigenvalue weighted by atomic mass is 16.4. The van der Waals surface area contributed by atoms with Crippen molar-refractivity contribution in [3.8, 4) is 22.4 Å². The number of fused-ring (bicyclic) bond motifs is 3. The lowest BCUT2D eigenvalue weighted by atomic mass is 9.92. The number of pyridine rings is 1. The predicted molar refractivity (Wildman–Crippen MR) is 92.2 cm³/mol. The van der Waals surface area contributed by atoms with E-state index in [2.05, 4.69) is 0 Å². The van der Waals surface area contributed by atoms with Crippen LogP contribution in [0.4, 0.5) is 0 Å². The Hall–Kier alpha value is -3.14. The molecule has 0 saturated heterocycles. The quantitative estimate of drug-likeness (QED) is 0.787. The lowest BCUT2D eigenvalue weighted by Crippen LogP contribution is -2.29. The van der Waals surface area contributed by atoms with Gasteiger partial charge in [-0.15, -0.1) is 0 Å². The largest absolute Gasteiger partial charge is 0.478 e. The highest BCUT2D eigenvalue weighted by molar-refractivity contribution is 5.97. The first kappa shape index (κ1) is 14.5. The Morgan fingerprint density at radius 2 is 1.67 bits per heavy atom. The summed E-state index contributed by atoms with van der Waals surface area (Å²) < 4.78 is 1.61. The minimum absolute atomic E-state index is 0.143. The Kier molecular flexibility index (Phi) is 3.31. The second kappa shape index (κ2) is 5.49. The topological polar surface area (TPSA) is 59.3 Å². The molecule has 0 fully saturated rings. The van der Waals surface area contributed by atoms with Crippen LogP contribution < -0.4 is 5.56 Å². The third-order valence-electron chi connectivity index (χ3n) is 4.48. The summed E-state index contributed by atoms with van der Waals surface area (Å²) in [5.74, 6) is -1.02. The van der Waals surface area contributed by atoms with Gasteiger partial charge in [0, 0.05) is 17.7 Å². The Labute approximate surface area is 138 Å². The zero-order valence-corrected chi connectivity index (χ0v) is 12.9. The summed E-state index contributed by atoms with van der Waals surface area (Å²) in [6.07, 6.45) is 0.723. The summed E-state index contributed by atoms with van der Waals surface area (Å²) in [7, 11) is 0. The molecule has 0 aliphatic carbocycles. The van der Waals surface area contributed by atoms with Crippen LogP contribution in [-0.4, -0.2) is 15.6 Å². The summed E-state index contributed by atoms with van der Waals surface area (Å²) in [5.41, 5.74) is 3.60. The van der Waals surface area contributed by atoms with E-state index >= 15 is 0 Å². The highest BCUT2D eigenvalue weighted by Crippen LogP contribution is 2.32. The number of aromatic nitrogens is 1. The maximum absolute atomic E-state index is 13.0. The molecule has 4 heteroatoms. The van der Waals surface area contributed by atoms with Crippen molar-refractivity contribution in [2.45, 2.75) is 13.0 Å². The van der Waals surface area contributed by atoms with Crippen LogP contribution in [0, 0.1) is 0 Å². The van der Waals surface area contributed by atoms with Crippen LogP contribution in [-0.2, 0) is 13.0 Å². The Balaban J connectivity index is 2.07. The summed E-state index contributed by atoms with van der Waals surface area (Å²) in [6.45, 7) is 0.492. The first-order valence-corrected chi connectivity index (χ1v) is 7.81. The van der Waals surface area contributed by atoms with Crippen LogP contribution in [0.5, 0.6) is 0 Å². The summed E-state index contributed by atoms with van der Waals surface area (Å²) in [5, 5.41) is 9.71. The van der Waals surface area contributed by atoms with Crippen molar-refractivity contribution in [1.82, 2.24) is 4.57 Å². The number of nitrogens with zero attached hydrogens (tertiary/aromatic N) is 1. The van der Waals surface area contributed by atoms with Gasteiger partial charge in [-0.3, -0.25) is 4.79 Å². The van der Waals surface area contributed by atoms with Gasteiger partial charge in [-0.2, -0.15) is 0 Å². The second-order valence-corrected chi connectivity index (χ2v) is 5.86. The maximum atomic E-state index is 13.0. The van der Waals surface area contributed by atoms with Gasteiger partial charge in [0.1, 0.15) is 0 Å². The molecule has 1 aromatic heterocycles. The lowest BCUT2D eigenvalue weighted by Gasteiger charge is -2.24. The van der Waals surface area contributed by atoms with Gasteiger partial charge in [-0.1, -0.05) is 54.6 Å². The molecule has 0 spiro atoms. The molecule has 4 nitrogen and oxygen atoms in total. The number of carbonyl (C=O) groups is 1. The molecule has 0 unspecified atom stereocenters. The van der Waals surface area contributed by atoms with Gasteiger partial charge in [0.15, 0.2) is 0 Å². The standard InChI is InChI=1S/C20H15NO3/c22-19-16(13-6-2-1-3-7-13)12-17(20(23)24)18-15-9-5-4-8-14(15)10-11-21(18)19/h1-9,12H,10-11H2,(H,23,24). The van der Waals surface area contributed by atoms with E-state index in [1.54, 1.807) is 4.57 Å². The smallest absolute Gasteiger partial charge is 0.337 e. The first-order chi connectivity index (χ1) is 11.7. The monoisotopic (exact) mass is 317 g/mol. The van der Waals surface area contributed by atoms with Gasteiger partial charge >= 0.3 is 5.97 Å². The molecule has 3 aromatic rings. The van der Waals surface area contributed by atoms with Crippen LogP contribution in [0.3, 0.4) is 0 Å². The molecule has 2 aromatic carbocycles. The van der Waals surface area contributed by atoms with Gasteiger partial charge in [0.25, 0.3) is 5.56 Å². The Morgan fingerprint density at radius 1 is 0.958 bits per heavy atom. The fourth-order valence-corrected chi connectivity index (χ4v) is 3.36. The molecule has 2 heterocycles. The third-order valence-corrected chi connectivity index (χ3v) is 4.48. The van der Waals surface area contributed by atoms with Crippen LogP contribution in [0.1, 0.15) is 15.9 Å². The predicted octanol–water partition coefficient (Wildman–Crippen LogP) is 3.44. The number of hydrogen-bond acceptors (Lipinski definition) is 2. The molecule has 0 atom stereocenters. The molecule has 24 heavy (non-hydrogen) atoms. The van der Waals surface area contributed by atoms with Gasteiger partial charge in [-0.05, 0) is 23.6 Å². The molecule has 1 N–H and O–H groups in total. The SMILES string of the molecule is O=C(O)c1cc(-c2ccccc2)c(=O)n2c1-c1ccccc1CC2. The van der Waals surface area contributed by atoms with Crippen molar-refractivity contribution in [3.05, 3.63) is 82.1 Å². The number of rotatable bonds is 2. The van der Waals surface area contributed by atoms with E-state index in [-0.39, 0.29) is 11.1 Å². The van der Waals surface area contributed by atoms with E-state index in [1.807, 2.05) is 54.6 Å². The van der Waals surface area contributed by atoms with Crippen molar-refractivity contribution in [1.29, 1.82) is 0 Å². The molecular formula is C20H15NO3. The van der Waals surface area contributed by atoms with Gasteiger partial charge in [-0.25, -0.2) is 4.79 Å². The van der Waals surface area contributed by atoms with Crippen LogP contribution in [0.2, 0.25) is 0 Å². The van der Waals surface area contributed by atoms with E-state index in [0.717, 1.165) is 23.1 Å². The lowest BCUT2D eigenvalue weighted by molar-refractivity contribution is 0.0697. The van der Waals surface area contributed by atoms with E-state index < -0.39 is 5.97 Å². The molecular weight excluding hydrogens is 302 g/mol. The van der Waals surface area contributed by atoms with E-state index in [1.165, 1.54) is 6.07 Å². The molecule has 0 amide bonds. The van der Waals surface area contributed by atoms with Crippen molar-refractivity contribution in [2.24, 2.45) is 0 Å². The molecule has 0 radical (unpaired) electrons. The van der Waals surface area contributed by atoms with Crippen molar-refractivity contribution >= 4 is 5.97 Å². The zero-order chi connectivity index (χ0) is 16.7. The average molecular weight is 317 g/mol. The highest BCUT2D eigenvalue weighted by Gasteiger charge is 2.25. The van der Waals surface area contributed by atoms with Crippen molar-refractivity contribution in [3.63, 3.8) is 0 Å². The molecule has 1 aliphatic heterocycles. The summed E-state index contributed by atoms with van der Waals surface area (Å²) in [6, 6.07) is 18.4. The van der Waals surface area contributed by atoms with Crippen molar-refractivity contribution in [2.75, 3.05) is 0 Å². The molecule has 4 rings (SSSR count). The fourth-order valence-electron chi connectivity index (χ4n) is 3.36. The minimum atomic E-state index is -1.02. The van der Waals surface area contributed by atoms with E-state index in [4.69, 9.17) is 0 Å². The van der Waals surface area contributed by atoms with Crippen LogP contribution >= 0.6 is 0 Å². The summed E-state index contributed by atoms with van der Waals surface area (Å²) in [4.78, 5) is 24.8. The minimum Gasteiger partial charge on any atom is -0.478 e. The number of benzene rings is 2. The van der Waals surface area contributed by atoms with Crippen LogP contribution in [0.15, 0.2) is 65.5 Å². The maximum Gasteiger partial charge on any atom is 0.337 e. The van der Waals surface area contributed by atoms with Gasteiger partial charge < -0.3 is 9.67 Å². The molecule has 0 saturated carbocycles. The Morgan fingerprint density at radius 3 is 2.42 bits per heavy atom. The van der Waals surface area contributed by atoms with E-state index in [0.29, 0.717) is 17.8 Å². The number of aromatic carboxylic acids is 1. The molecule has 1 aliphatic rings. The summed E-state index contributed by atoms with van der Waals surface area (Å²) >= 11 is 0. The Bertz CT molecular complexity index is 1000. The second-order valence-electron chi connectivity index (χ2n) is 5.86. The van der Waals surface area contributed by atoms with E-state index in [9.17, 15) is 14.7 Å². The number of carboxylic acids is 1. The fraction of sp³-hybridized carbons (Fsp3) is 0.100. The normalized spacial score (nSPS) is 12.3. The number of carboxylic acid groups (broad SMARTS) is 1. The number of aryl methyl sites for hydroxylation is 1. The molecule has 118 valence electrons. The van der Waals surface area contributed by atoms with Gasteiger partial charge in [0.2, 0.25) is 0 Å². The van der Waals surface area contributed by atoms with Crippen LogP contribution in [0.25, 0.3) is 22.4 Å². The average Bonchev–Trinajstić information content (AvgIpc) is 2.62. The van der Waals surface area contributed by atoms with Gasteiger partial charge in [0.05, 0.1) is 11.3 Å². The zero-order valence-electron chi connectivity index (χ0n) is 12.9.